The second-order valence-electron chi connectivity index (χ2n) is 5.64. The molecule has 0 aromatic carbocycles. The molecule has 104 valence electrons. The standard InChI is InChI=1S/C14H26N2O2/c17-11-13-8-2-1-5-9-16(13)14(18)10-15-12-6-3-4-7-12/h12-13,15,17H,1-11H2. The first-order valence-corrected chi connectivity index (χ1v) is 7.45. The van der Waals surface area contributed by atoms with E-state index in [2.05, 4.69) is 5.32 Å². The second kappa shape index (κ2) is 7.10. The summed E-state index contributed by atoms with van der Waals surface area (Å²) < 4.78 is 0. The van der Waals surface area contributed by atoms with E-state index in [1.54, 1.807) is 0 Å². The van der Waals surface area contributed by atoms with Gasteiger partial charge >= 0.3 is 0 Å². The van der Waals surface area contributed by atoms with E-state index in [1.807, 2.05) is 4.90 Å². The Labute approximate surface area is 110 Å². The third-order valence-electron chi connectivity index (χ3n) is 4.31. The van der Waals surface area contributed by atoms with E-state index in [4.69, 9.17) is 0 Å². The van der Waals surface area contributed by atoms with Crippen molar-refractivity contribution in [2.45, 2.75) is 63.5 Å². The Bertz CT molecular complexity index is 265. The summed E-state index contributed by atoms with van der Waals surface area (Å²) in [5.74, 6) is 0.169. The number of rotatable bonds is 4. The Balaban J connectivity index is 1.80. The normalized spacial score (nSPS) is 26.3. The van der Waals surface area contributed by atoms with Crippen LogP contribution in [0, 0.1) is 0 Å². The van der Waals surface area contributed by atoms with E-state index in [0.29, 0.717) is 12.6 Å². The van der Waals surface area contributed by atoms with Crippen molar-refractivity contribution in [2.24, 2.45) is 0 Å². The molecule has 4 heteroatoms. The van der Waals surface area contributed by atoms with Crippen molar-refractivity contribution < 1.29 is 9.90 Å². The largest absolute Gasteiger partial charge is 0.394 e. The minimum atomic E-state index is 0.0466. The number of hydrogen-bond acceptors (Lipinski definition) is 3. The minimum absolute atomic E-state index is 0.0466. The average molecular weight is 254 g/mol. The summed E-state index contributed by atoms with van der Waals surface area (Å²) in [5.41, 5.74) is 0. The van der Waals surface area contributed by atoms with Gasteiger partial charge in [-0.1, -0.05) is 25.7 Å². The van der Waals surface area contributed by atoms with Crippen LogP contribution in [0.4, 0.5) is 0 Å². The predicted molar refractivity (Wildman–Crippen MR) is 71.3 cm³/mol. The fourth-order valence-corrected chi connectivity index (χ4v) is 3.16. The lowest BCUT2D eigenvalue weighted by molar-refractivity contribution is -0.133. The van der Waals surface area contributed by atoms with Crippen molar-refractivity contribution in [1.82, 2.24) is 10.2 Å². The highest BCUT2D eigenvalue weighted by Gasteiger charge is 2.25. The molecule has 1 aliphatic heterocycles. The molecule has 1 unspecified atom stereocenters. The van der Waals surface area contributed by atoms with Crippen LogP contribution in [0.3, 0.4) is 0 Å². The summed E-state index contributed by atoms with van der Waals surface area (Å²) in [4.78, 5) is 14.1. The summed E-state index contributed by atoms with van der Waals surface area (Å²) in [6.45, 7) is 1.37. The van der Waals surface area contributed by atoms with Gasteiger partial charge in [0.05, 0.1) is 19.2 Å². The number of likely N-dealkylation sites (tertiary alicyclic amines) is 1. The highest BCUT2D eigenvalue weighted by Crippen LogP contribution is 2.18. The zero-order chi connectivity index (χ0) is 12.8. The summed E-state index contributed by atoms with van der Waals surface area (Å²) in [5, 5.41) is 12.8. The van der Waals surface area contributed by atoms with Crippen molar-refractivity contribution >= 4 is 5.91 Å². The molecule has 2 N–H and O–H groups in total. The lowest BCUT2D eigenvalue weighted by Gasteiger charge is -2.29. The average Bonchev–Trinajstić information content (AvgIpc) is 2.79. The summed E-state index contributed by atoms with van der Waals surface area (Å²) in [6.07, 6.45) is 9.32. The molecule has 0 radical (unpaired) electrons. The highest BCUT2D eigenvalue weighted by atomic mass is 16.3. The summed E-state index contributed by atoms with van der Waals surface area (Å²) in [6, 6.07) is 0.582. The third kappa shape index (κ3) is 3.69. The lowest BCUT2D eigenvalue weighted by atomic mass is 10.1. The molecule has 2 fully saturated rings. The van der Waals surface area contributed by atoms with Gasteiger partial charge < -0.3 is 15.3 Å². The van der Waals surface area contributed by atoms with Crippen LogP contribution >= 0.6 is 0 Å². The SMILES string of the molecule is O=C(CNC1CCCC1)N1CCCCCC1CO. The molecule has 1 saturated carbocycles. The molecule has 1 aliphatic carbocycles. The molecule has 4 nitrogen and oxygen atoms in total. The maximum absolute atomic E-state index is 12.2. The lowest BCUT2D eigenvalue weighted by Crippen LogP contribution is -2.47. The Morgan fingerprint density at radius 1 is 1.11 bits per heavy atom. The van der Waals surface area contributed by atoms with Crippen LogP contribution in [-0.2, 0) is 4.79 Å². The molecule has 2 aliphatic rings. The van der Waals surface area contributed by atoms with Gasteiger partial charge in [-0.15, -0.1) is 0 Å². The van der Waals surface area contributed by atoms with E-state index >= 15 is 0 Å². The van der Waals surface area contributed by atoms with E-state index in [9.17, 15) is 9.90 Å². The molecule has 2 rings (SSSR count). The molecule has 0 aromatic rings. The molecule has 0 bridgehead atoms. The number of aliphatic hydroxyl groups is 1. The zero-order valence-electron chi connectivity index (χ0n) is 11.2. The topological polar surface area (TPSA) is 52.6 Å². The fraction of sp³-hybridized carbons (Fsp3) is 0.929. The van der Waals surface area contributed by atoms with Crippen molar-refractivity contribution in [3.8, 4) is 0 Å². The summed E-state index contributed by atoms with van der Waals surface area (Å²) >= 11 is 0. The smallest absolute Gasteiger partial charge is 0.236 e. The van der Waals surface area contributed by atoms with Gasteiger partial charge in [-0.05, 0) is 25.7 Å². The Kier molecular flexibility index (Phi) is 5.45. The molecule has 0 aromatic heterocycles. The Hall–Kier alpha value is -0.610. The maximum Gasteiger partial charge on any atom is 0.236 e. The molecule has 1 amide bonds. The fourth-order valence-electron chi connectivity index (χ4n) is 3.16. The van der Waals surface area contributed by atoms with Gasteiger partial charge in [-0.2, -0.15) is 0 Å². The first kappa shape index (κ1) is 13.8. The van der Waals surface area contributed by atoms with Gasteiger partial charge in [0.2, 0.25) is 5.91 Å². The number of aliphatic hydroxyl groups excluding tert-OH is 1. The van der Waals surface area contributed by atoms with E-state index in [0.717, 1.165) is 25.8 Å². The molecule has 0 spiro atoms. The molecule has 1 atom stereocenters. The quantitative estimate of drug-likeness (QED) is 0.794. The van der Waals surface area contributed by atoms with Gasteiger partial charge in [0.15, 0.2) is 0 Å². The van der Waals surface area contributed by atoms with Gasteiger partial charge in [0, 0.05) is 12.6 Å². The minimum Gasteiger partial charge on any atom is -0.394 e. The maximum atomic E-state index is 12.2. The second-order valence-corrected chi connectivity index (χ2v) is 5.64. The molecule has 18 heavy (non-hydrogen) atoms. The number of amides is 1. The van der Waals surface area contributed by atoms with E-state index in [1.165, 1.54) is 32.1 Å². The summed E-state index contributed by atoms with van der Waals surface area (Å²) in [7, 11) is 0. The molecule has 1 heterocycles. The van der Waals surface area contributed by atoms with Crippen LogP contribution in [0.25, 0.3) is 0 Å². The zero-order valence-corrected chi connectivity index (χ0v) is 11.2. The van der Waals surface area contributed by atoms with Crippen LogP contribution in [0.15, 0.2) is 0 Å². The van der Waals surface area contributed by atoms with Gasteiger partial charge in [-0.25, -0.2) is 0 Å². The number of hydrogen-bond donors (Lipinski definition) is 2. The number of nitrogens with one attached hydrogen (secondary N) is 1. The first-order chi connectivity index (χ1) is 8.81. The van der Waals surface area contributed by atoms with Crippen molar-refractivity contribution in [1.29, 1.82) is 0 Å². The van der Waals surface area contributed by atoms with Crippen molar-refractivity contribution in [3.63, 3.8) is 0 Å². The molecular weight excluding hydrogens is 228 g/mol. The predicted octanol–water partition coefficient (Wildman–Crippen LogP) is 1.28. The van der Waals surface area contributed by atoms with Crippen LogP contribution in [0.1, 0.15) is 51.4 Å². The van der Waals surface area contributed by atoms with Crippen LogP contribution in [-0.4, -0.2) is 47.7 Å². The van der Waals surface area contributed by atoms with E-state index in [-0.39, 0.29) is 18.6 Å². The number of carbonyl (C=O) groups is 1. The monoisotopic (exact) mass is 254 g/mol. The van der Waals surface area contributed by atoms with Crippen LogP contribution in [0.2, 0.25) is 0 Å². The van der Waals surface area contributed by atoms with Crippen molar-refractivity contribution in [3.05, 3.63) is 0 Å². The first-order valence-electron chi connectivity index (χ1n) is 7.45. The van der Waals surface area contributed by atoms with E-state index < -0.39 is 0 Å². The molecule has 1 saturated heterocycles. The Morgan fingerprint density at radius 3 is 2.56 bits per heavy atom. The Morgan fingerprint density at radius 2 is 1.83 bits per heavy atom. The van der Waals surface area contributed by atoms with Crippen molar-refractivity contribution in [2.75, 3.05) is 19.7 Å². The van der Waals surface area contributed by atoms with Gasteiger partial charge in [-0.3, -0.25) is 4.79 Å². The third-order valence-corrected chi connectivity index (χ3v) is 4.31. The van der Waals surface area contributed by atoms with Crippen LogP contribution in [0.5, 0.6) is 0 Å². The van der Waals surface area contributed by atoms with Gasteiger partial charge in [0.1, 0.15) is 0 Å². The number of nitrogens with zero attached hydrogens (tertiary/aromatic N) is 1. The molecular formula is C14H26N2O2. The highest BCUT2D eigenvalue weighted by molar-refractivity contribution is 5.78. The number of carbonyl (C=O) groups excluding carboxylic acids is 1. The van der Waals surface area contributed by atoms with Crippen LogP contribution < -0.4 is 5.32 Å². The van der Waals surface area contributed by atoms with Gasteiger partial charge in [0.25, 0.3) is 0 Å².